The van der Waals surface area contributed by atoms with Gasteiger partial charge in [-0.3, -0.25) is 15.0 Å². The summed E-state index contributed by atoms with van der Waals surface area (Å²) < 4.78 is 0. The van der Waals surface area contributed by atoms with E-state index in [-0.39, 0.29) is 0 Å². The van der Waals surface area contributed by atoms with Crippen molar-refractivity contribution in [3.05, 3.63) is 114 Å². The zero-order valence-corrected chi connectivity index (χ0v) is 15.0. The highest BCUT2D eigenvalue weighted by Gasteiger charge is 2.01. The molecule has 3 heterocycles. The predicted octanol–water partition coefficient (Wildman–Crippen LogP) is 4.34. The van der Waals surface area contributed by atoms with E-state index in [4.69, 9.17) is 0 Å². The number of pyridine rings is 3. The molecule has 3 heteroatoms. The summed E-state index contributed by atoms with van der Waals surface area (Å²) in [5.41, 5.74) is 5.17. The lowest BCUT2D eigenvalue weighted by Crippen LogP contribution is -1.89. The average Bonchev–Trinajstić information content (AvgIpc) is 2.78. The van der Waals surface area contributed by atoms with Crippen molar-refractivity contribution in [1.82, 2.24) is 15.0 Å². The van der Waals surface area contributed by atoms with Gasteiger partial charge in [0.1, 0.15) is 0 Å². The molecule has 3 aromatic heterocycles. The molecule has 1 aromatic carbocycles. The van der Waals surface area contributed by atoms with Crippen LogP contribution in [0, 0.1) is 23.7 Å². The van der Waals surface area contributed by atoms with Gasteiger partial charge in [-0.15, -0.1) is 0 Å². The number of rotatable bonds is 1. The standard InChI is InChI=1S/C25H15N3/c1-2-5-20(6-3-1)8-9-21-14-16-27-25(17-21)24-13-12-23(19-28-24)11-10-22-7-4-15-26-18-22/h1-7,12-19H. The van der Waals surface area contributed by atoms with E-state index in [0.29, 0.717) is 0 Å². The molecule has 0 bridgehead atoms. The van der Waals surface area contributed by atoms with Crippen molar-refractivity contribution in [3.63, 3.8) is 0 Å². The maximum Gasteiger partial charge on any atom is 0.0898 e. The van der Waals surface area contributed by atoms with Crippen LogP contribution in [-0.4, -0.2) is 15.0 Å². The molecule has 28 heavy (non-hydrogen) atoms. The molecular weight excluding hydrogens is 342 g/mol. The number of aromatic nitrogens is 3. The minimum Gasteiger partial charge on any atom is -0.263 e. The fraction of sp³-hybridized carbons (Fsp3) is 0. The highest BCUT2D eigenvalue weighted by atomic mass is 14.8. The second-order valence-corrected chi connectivity index (χ2v) is 5.97. The van der Waals surface area contributed by atoms with E-state index in [1.54, 1.807) is 24.8 Å². The Labute approximate surface area is 164 Å². The van der Waals surface area contributed by atoms with E-state index >= 15 is 0 Å². The smallest absolute Gasteiger partial charge is 0.0898 e. The fourth-order valence-electron chi connectivity index (χ4n) is 2.51. The second kappa shape index (κ2) is 8.45. The van der Waals surface area contributed by atoms with Crippen molar-refractivity contribution in [2.45, 2.75) is 0 Å². The van der Waals surface area contributed by atoms with Crippen LogP contribution in [0.3, 0.4) is 0 Å². The quantitative estimate of drug-likeness (QED) is 0.476. The van der Waals surface area contributed by atoms with Crippen LogP contribution < -0.4 is 0 Å². The lowest BCUT2D eigenvalue weighted by molar-refractivity contribution is 1.24. The Balaban J connectivity index is 1.54. The zero-order chi connectivity index (χ0) is 19.0. The molecule has 0 unspecified atom stereocenters. The van der Waals surface area contributed by atoms with Crippen molar-refractivity contribution in [1.29, 1.82) is 0 Å². The Kier molecular flexibility index (Phi) is 5.19. The van der Waals surface area contributed by atoms with Crippen molar-refractivity contribution >= 4 is 0 Å². The number of benzene rings is 1. The largest absolute Gasteiger partial charge is 0.263 e. The Hall–Kier alpha value is -4.21. The van der Waals surface area contributed by atoms with E-state index in [1.165, 1.54) is 0 Å². The van der Waals surface area contributed by atoms with Gasteiger partial charge in [0.15, 0.2) is 0 Å². The Morgan fingerprint density at radius 3 is 2.00 bits per heavy atom. The minimum atomic E-state index is 0.784. The lowest BCUT2D eigenvalue weighted by Gasteiger charge is -2.00. The molecule has 0 saturated heterocycles. The van der Waals surface area contributed by atoms with Crippen LogP contribution in [0.15, 0.2) is 91.5 Å². The Morgan fingerprint density at radius 2 is 1.25 bits per heavy atom. The van der Waals surface area contributed by atoms with Crippen LogP contribution in [-0.2, 0) is 0 Å². The van der Waals surface area contributed by atoms with Crippen molar-refractivity contribution in [2.75, 3.05) is 0 Å². The molecule has 4 rings (SSSR count). The van der Waals surface area contributed by atoms with E-state index in [0.717, 1.165) is 33.6 Å². The van der Waals surface area contributed by atoms with E-state index in [2.05, 4.69) is 38.6 Å². The van der Waals surface area contributed by atoms with Crippen molar-refractivity contribution in [3.8, 4) is 35.1 Å². The molecule has 0 amide bonds. The first-order chi connectivity index (χ1) is 13.9. The molecule has 0 radical (unpaired) electrons. The molecule has 0 fully saturated rings. The van der Waals surface area contributed by atoms with Gasteiger partial charge in [-0.05, 0) is 48.5 Å². The van der Waals surface area contributed by atoms with Crippen LogP contribution in [0.4, 0.5) is 0 Å². The molecule has 0 N–H and O–H groups in total. The molecular formula is C25H15N3. The van der Waals surface area contributed by atoms with Gasteiger partial charge in [0, 0.05) is 47.0 Å². The molecule has 130 valence electrons. The maximum atomic E-state index is 4.49. The van der Waals surface area contributed by atoms with E-state index in [9.17, 15) is 0 Å². The second-order valence-electron chi connectivity index (χ2n) is 5.97. The van der Waals surface area contributed by atoms with Crippen LogP contribution in [0.2, 0.25) is 0 Å². The summed E-state index contributed by atoms with van der Waals surface area (Å²) in [5.74, 6) is 12.5. The first-order valence-electron chi connectivity index (χ1n) is 8.78. The first-order valence-corrected chi connectivity index (χ1v) is 8.78. The van der Waals surface area contributed by atoms with Gasteiger partial charge in [0.25, 0.3) is 0 Å². The fourth-order valence-corrected chi connectivity index (χ4v) is 2.51. The van der Waals surface area contributed by atoms with Crippen molar-refractivity contribution < 1.29 is 0 Å². The third-order valence-electron chi connectivity index (χ3n) is 3.92. The summed E-state index contributed by atoms with van der Waals surface area (Å²) in [4.78, 5) is 13.0. The SMILES string of the molecule is C(#Cc1ccnc(-c2ccc(C#Cc3cccnc3)cn2)c1)c1ccccc1. The molecule has 0 spiro atoms. The molecule has 0 aliphatic carbocycles. The van der Waals surface area contributed by atoms with Gasteiger partial charge in [-0.25, -0.2) is 0 Å². The van der Waals surface area contributed by atoms with Gasteiger partial charge in [-0.2, -0.15) is 0 Å². The Bertz CT molecular complexity index is 1190. The topological polar surface area (TPSA) is 38.7 Å². The lowest BCUT2D eigenvalue weighted by atomic mass is 10.1. The van der Waals surface area contributed by atoms with Gasteiger partial charge >= 0.3 is 0 Å². The monoisotopic (exact) mass is 357 g/mol. The molecule has 3 nitrogen and oxygen atoms in total. The third-order valence-corrected chi connectivity index (χ3v) is 3.92. The molecule has 4 aromatic rings. The van der Waals surface area contributed by atoms with Crippen LogP contribution in [0.1, 0.15) is 22.3 Å². The van der Waals surface area contributed by atoms with E-state index < -0.39 is 0 Å². The summed E-state index contributed by atoms with van der Waals surface area (Å²) in [7, 11) is 0. The van der Waals surface area contributed by atoms with Crippen LogP contribution >= 0.6 is 0 Å². The molecule has 0 aliphatic heterocycles. The molecule has 0 atom stereocenters. The predicted molar refractivity (Wildman–Crippen MR) is 110 cm³/mol. The first kappa shape index (κ1) is 17.2. The third kappa shape index (κ3) is 4.49. The number of hydrogen-bond acceptors (Lipinski definition) is 3. The van der Waals surface area contributed by atoms with Crippen LogP contribution in [0.5, 0.6) is 0 Å². The summed E-state index contributed by atoms with van der Waals surface area (Å²) >= 11 is 0. The zero-order valence-electron chi connectivity index (χ0n) is 15.0. The van der Waals surface area contributed by atoms with Gasteiger partial charge < -0.3 is 0 Å². The summed E-state index contributed by atoms with van der Waals surface area (Å²) in [6, 6.07) is 21.4. The molecule has 0 aliphatic rings. The summed E-state index contributed by atoms with van der Waals surface area (Å²) in [5, 5.41) is 0. The number of hydrogen-bond donors (Lipinski definition) is 0. The minimum absolute atomic E-state index is 0.784. The van der Waals surface area contributed by atoms with E-state index in [1.807, 2.05) is 66.7 Å². The normalized spacial score (nSPS) is 9.57. The average molecular weight is 357 g/mol. The molecule has 0 saturated carbocycles. The summed E-state index contributed by atoms with van der Waals surface area (Å²) in [6.07, 6.45) is 6.97. The van der Waals surface area contributed by atoms with Crippen molar-refractivity contribution in [2.24, 2.45) is 0 Å². The van der Waals surface area contributed by atoms with Gasteiger partial charge in [-0.1, -0.05) is 41.9 Å². The van der Waals surface area contributed by atoms with Gasteiger partial charge in [0.2, 0.25) is 0 Å². The number of nitrogens with zero attached hydrogens (tertiary/aromatic N) is 3. The highest BCUT2D eigenvalue weighted by Crippen LogP contribution is 2.15. The Morgan fingerprint density at radius 1 is 0.500 bits per heavy atom. The highest BCUT2D eigenvalue weighted by molar-refractivity contribution is 5.58. The summed E-state index contributed by atoms with van der Waals surface area (Å²) in [6.45, 7) is 0. The maximum absolute atomic E-state index is 4.49. The van der Waals surface area contributed by atoms with Crippen LogP contribution in [0.25, 0.3) is 11.4 Å². The van der Waals surface area contributed by atoms with Gasteiger partial charge in [0.05, 0.1) is 11.4 Å².